The van der Waals surface area contributed by atoms with E-state index in [1.165, 1.54) is 0 Å². The summed E-state index contributed by atoms with van der Waals surface area (Å²) in [5.74, 6) is 1.55. The SMILES string of the molecule is COc1cccc(-n2ccnc2N2CCN(C(=O)c3ccc(Cl)cc3Cl)CC2)c1. The Labute approximate surface area is 179 Å². The molecule has 0 saturated carbocycles. The number of hydrogen-bond acceptors (Lipinski definition) is 4. The smallest absolute Gasteiger partial charge is 0.255 e. The Morgan fingerprint density at radius 3 is 2.59 bits per heavy atom. The molecule has 29 heavy (non-hydrogen) atoms. The van der Waals surface area contributed by atoms with Crippen LogP contribution >= 0.6 is 23.2 Å². The number of hydrogen-bond donors (Lipinski definition) is 0. The lowest BCUT2D eigenvalue weighted by Gasteiger charge is -2.35. The van der Waals surface area contributed by atoms with Crippen molar-refractivity contribution in [2.45, 2.75) is 0 Å². The number of rotatable bonds is 4. The van der Waals surface area contributed by atoms with Crippen LogP contribution in [0.5, 0.6) is 5.75 Å². The lowest BCUT2D eigenvalue weighted by molar-refractivity contribution is 0.0746. The van der Waals surface area contributed by atoms with Gasteiger partial charge in [0.25, 0.3) is 5.91 Å². The predicted octanol–water partition coefficient (Wildman–Crippen LogP) is 4.15. The molecule has 0 unspecified atom stereocenters. The van der Waals surface area contributed by atoms with Gasteiger partial charge in [-0.1, -0.05) is 29.3 Å². The van der Waals surface area contributed by atoms with Gasteiger partial charge in [0, 0.05) is 49.7 Å². The van der Waals surface area contributed by atoms with E-state index in [1.54, 1.807) is 31.5 Å². The molecule has 0 aliphatic carbocycles. The average molecular weight is 431 g/mol. The fourth-order valence-corrected chi connectivity index (χ4v) is 3.92. The number of piperazine rings is 1. The minimum absolute atomic E-state index is 0.0811. The van der Waals surface area contributed by atoms with Crippen molar-refractivity contribution < 1.29 is 9.53 Å². The molecule has 4 rings (SSSR count). The number of methoxy groups -OCH3 is 1. The van der Waals surface area contributed by atoms with Crippen molar-refractivity contribution in [2.24, 2.45) is 0 Å². The summed E-state index contributed by atoms with van der Waals surface area (Å²) in [6.45, 7) is 2.53. The van der Waals surface area contributed by atoms with Crippen LogP contribution in [0.15, 0.2) is 54.9 Å². The van der Waals surface area contributed by atoms with Gasteiger partial charge >= 0.3 is 0 Å². The number of aromatic nitrogens is 2. The number of carbonyl (C=O) groups excluding carboxylic acids is 1. The van der Waals surface area contributed by atoms with Crippen molar-refractivity contribution in [1.29, 1.82) is 0 Å². The number of nitrogens with zero attached hydrogens (tertiary/aromatic N) is 4. The first-order valence-corrected chi connectivity index (χ1v) is 9.99. The molecule has 1 aliphatic rings. The Morgan fingerprint density at radius 2 is 1.86 bits per heavy atom. The van der Waals surface area contributed by atoms with Crippen molar-refractivity contribution >= 4 is 35.1 Å². The quantitative estimate of drug-likeness (QED) is 0.623. The van der Waals surface area contributed by atoms with Crippen LogP contribution in [-0.4, -0.2) is 53.6 Å². The van der Waals surface area contributed by atoms with Gasteiger partial charge in [-0.05, 0) is 30.3 Å². The average Bonchev–Trinajstić information content (AvgIpc) is 3.23. The van der Waals surface area contributed by atoms with Gasteiger partial charge in [-0.15, -0.1) is 0 Å². The van der Waals surface area contributed by atoms with E-state index in [9.17, 15) is 4.79 Å². The standard InChI is InChI=1S/C21H20Cl2N4O2/c1-29-17-4-2-3-16(14-17)27-8-7-24-21(27)26-11-9-25(10-12-26)20(28)18-6-5-15(22)13-19(18)23/h2-8,13-14H,9-12H2,1H3. The lowest BCUT2D eigenvalue weighted by atomic mass is 10.2. The molecular formula is C21H20Cl2N4O2. The highest BCUT2D eigenvalue weighted by molar-refractivity contribution is 6.36. The van der Waals surface area contributed by atoms with Crippen LogP contribution in [0.2, 0.25) is 10.0 Å². The summed E-state index contributed by atoms with van der Waals surface area (Å²) < 4.78 is 7.35. The topological polar surface area (TPSA) is 50.6 Å². The van der Waals surface area contributed by atoms with Crippen LogP contribution in [-0.2, 0) is 0 Å². The first kappa shape index (κ1) is 19.6. The molecule has 8 heteroatoms. The normalized spacial score (nSPS) is 14.2. The lowest BCUT2D eigenvalue weighted by Crippen LogP contribution is -2.49. The minimum Gasteiger partial charge on any atom is -0.497 e. The van der Waals surface area contributed by atoms with Crippen LogP contribution in [0.25, 0.3) is 5.69 Å². The number of amides is 1. The van der Waals surface area contributed by atoms with Gasteiger partial charge in [0.2, 0.25) is 5.95 Å². The van der Waals surface area contributed by atoms with Crippen LogP contribution in [0.3, 0.4) is 0 Å². The molecule has 1 aliphatic heterocycles. The van der Waals surface area contributed by atoms with Crippen molar-refractivity contribution in [3.8, 4) is 11.4 Å². The second-order valence-corrected chi connectivity index (χ2v) is 7.55. The van der Waals surface area contributed by atoms with E-state index in [-0.39, 0.29) is 5.91 Å². The second-order valence-electron chi connectivity index (χ2n) is 6.70. The summed E-state index contributed by atoms with van der Waals surface area (Å²) in [4.78, 5) is 21.3. The monoisotopic (exact) mass is 430 g/mol. The van der Waals surface area contributed by atoms with E-state index in [4.69, 9.17) is 27.9 Å². The van der Waals surface area contributed by atoms with Crippen LogP contribution in [0, 0.1) is 0 Å². The maximum Gasteiger partial charge on any atom is 0.255 e. The molecule has 1 aromatic heterocycles. The molecule has 0 atom stereocenters. The second kappa shape index (κ2) is 8.35. The molecule has 150 valence electrons. The van der Waals surface area contributed by atoms with Crippen LogP contribution in [0.1, 0.15) is 10.4 Å². The number of anilines is 1. The van der Waals surface area contributed by atoms with E-state index in [0.29, 0.717) is 41.8 Å². The van der Waals surface area contributed by atoms with Crippen molar-refractivity contribution in [3.05, 3.63) is 70.5 Å². The van der Waals surface area contributed by atoms with Crippen molar-refractivity contribution in [3.63, 3.8) is 0 Å². The molecule has 6 nitrogen and oxygen atoms in total. The molecule has 1 amide bonds. The molecule has 3 aromatic rings. The Bertz CT molecular complexity index is 1030. The fourth-order valence-electron chi connectivity index (χ4n) is 3.43. The minimum atomic E-state index is -0.0811. The third-order valence-electron chi connectivity index (χ3n) is 4.96. The zero-order valence-corrected chi connectivity index (χ0v) is 17.4. The summed E-state index contributed by atoms with van der Waals surface area (Å²) >= 11 is 12.1. The molecule has 0 spiro atoms. The van der Waals surface area contributed by atoms with Gasteiger partial charge in [0.1, 0.15) is 5.75 Å². The number of ether oxygens (including phenoxy) is 1. The number of carbonyl (C=O) groups is 1. The molecule has 1 saturated heterocycles. The molecule has 2 heterocycles. The summed E-state index contributed by atoms with van der Waals surface area (Å²) in [6, 6.07) is 12.8. The van der Waals surface area contributed by atoms with Gasteiger partial charge in [-0.25, -0.2) is 4.98 Å². The summed E-state index contributed by atoms with van der Waals surface area (Å²) in [5, 5.41) is 0.888. The highest BCUT2D eigenvalue weighted by Gasteiger charge is 2.25. The van der Waals surface area contributed by atoms with E-state index >= 15 is 0 Å². The van der Waals surface area contributed by atoms with Crippen LogP contribution in [0.4, 0.5) is 5.95 Å². The van der Waals surface area contributed by atoms with Gasteiger partial charge in [0.15, 0.2) is 0 Å². The van der Waals surface area contributed by atoms with E-state index < -0.39 is 0 Å². The third-order valence-corrected chi connectivity index (χ3v) is 5.51. The Balaban J connectivity index is 1.48. The van der Waals surface area contributed by atoms with Crippen molar-refractivity contribution in [2.75, 3.05) is 38.2 Å². The van der Waals surface area contributed by atoms with Gasteiger partial charge in [-0.2, -0.15) is 0 Å². The summed E-state index contributed by atoms with van der Waals surface area (Å²) in [7, 11) is 1.65. The van der Waals surface area contributed by atoms with Crippen molar-refractivity contribution in [1.82, 2.24) is 14.5 Å². The zero-order valence-electron chi connectivity index (χ0n) is 15.9. The first-order chi connectivity index (χ1) is 14.1. The Kier molecular flexibility index (Phi) is 5.65. The fraction of sp³-hybridized carbons (Fsp3) is 0.238. The number of benzene rings is 2. The zero-order chi connectivity index (χ0) is 20.4. The van der Waals surface area contributed by atoms with E-state index in [2.05, 4.69) is 9.88 Å². The molecule has 0 bridgehead atoms. The largest absolute Gasteiger partial charge is 0.497 e. The van der Waals surface area contributed by atoms with Gasteiger partial charge in [0.05, 0.1) is 23.4 Å². The molecule has 0 radical (unpaired) electrons. The maximum atomic E-state index is 12.8. The maximum absolute atomic E-state index is 12.8. The highest BCUT2D eigenvalue weighted by Crippen LogP contribution is 2.25. The number of imidazole rings is 1. The van der Waals surface area contributed by atoms with Gasteiger partial charge < -0.3 is 14.5 Å². The Morgan fingerprint density at radius 1 is 1.07 bits per heavy atom. The molecule has 0 N–H and O–H groups in total. The van der Waals surface area contributed by atoms with Gasteiger partial charge in [-0.3, -0.25) is 9.36 Å². The third kappa shape index (κ3) is 4.04. The summed E-state index contributed by atoms with van der Waals surface area (Å²) in [6.07, 6.45) is 3.70. The predicted molar refractivity (Wildman–Crippen MR) is 115 cm³/mol. The van der Waals surface area contributed by atoms with E-state index in [0.717, 1.165) is 17.4 Å². The first-order valence-electron chi connectivity index (χ1n) is 9.24. The number of halogens is 2. The molecule has 1 fully saturated rings. The van der Waals surface area contributed by atoms with Crippen LogP contribution < -0.4 is 9.64 Å². The highest BCUT2D eigenvalue weighted by atomic mass is 35.5. The summed E-state index contributed by atoms with van der Waals surface area (Å²) in [5.41, 5.74) is 1.45. The molecule has 2 aromatic carbocycles. The molecular weight excluding hydrogens is 411 g/mol. The van der Waals surface area contributed by atoms with E-state index in [1.807, 2.05) is 39.9 Å². The Hall–Kier alpha value is -2.70.